The van der Waals surface area contributed by atoms with Gasteiger partial charge in [0.15, 0.2) is 0 Å². The van der Waals surface area contributed by atoms with Crippen LogP contribution in [0.2, 0.25) is 0 Å². The molecule has 0 rings (SSSR count). The van der Waals surface area contributed by atoms with Gasteiger partial charge in [-0.05, 0) is 0 Å². The molecule has 7 heteroatoms. The quantitative estimate of drug-likeness (QED) is 0.354. The van der Waals surface area contributed by atoms with Crippen molar-refractivity contribution in [1.82, 2.24) is 0 Å². The Morgan fingerprint density at radius 1 is 1.14 bits per heavy atom. The fraction of sp³-hybridized carbons (Fsp3) is 0. The number of rotatable bonds is 0. The summed E-state index contributed by atoms with van der Waals surface area (Å²) in [6, 6.07) is 0. The molecule has 0 spiro atoms. The molecule has 0 aliphatic rings. The summed E-state index contributed by atoms with van der Waals surface area (Å²) in [5, 5.41) is 0. The Hall–Kier alpha value is 0.553. The summed E-state index contributed by atoms with van der Waals surface area (Å²) in [7, 11) is -5.17. The van der Waals surface area contributed by atoms with Gasteiger partial charge in [0.05, 0.1) is 0 Å². The van der Waals surface area contributed by atoms with Crippen molar-refractivity contribution < 1.29 is 45.1 Å². The molecule has 0 aliphatic carbocycles. The Labute approximate surface area is 55.6 Å². The van der Waals surface area contributed by atoms with Crippen LogP contribution in [0.5, 0.6) is 0 Å². The topological polar surface area (TPSA) is 97.3 Å². The molecule has 0 unspecified atom stereocenters. The van der Waals surface area contributed by atoms with Crippen molar-refractivity contribution in [1.29, 1.82) is 0 Å². The molecule has 0 fully saturated rings. The van der Waals surface area contributed by atoms with Crippen molar-refractivity contribution in [2.75, 3.05) is 0 Å². The minimum absolute atomic E-state index is 0.300. The summed E-state index contributed by atoms with van der Waals surface area (Å²) in [6.07, 6.45) is 0. The molecule has 40 valence electrons. The van der Waals surface area contributed by atoms with Crippen molar-refractivity contribution in [3.05, 3.63) is 0 Å². The third-order valence-corrected chi connectivity index (χ3v) is 0. The standard InChI is InChI=1S/H2O4S.O.Zr/c1-5(2,3)4;;/h(H2,1,2,3,4);;/q;;+2/p-2. The zero-order valence-corrected chi connectivity index (χ0v) is 6.22. The SMILES string of the molecule is O=S(=O)([O-])[O-].[O]=[Zr+2]. The molecule has 0 aromatic carbocycles. The summed E-state index contributed by atoms with van der Waals surface area (Å²) in [6.45, 7) is 0. The third kappa shape index (κ3) is 444. The van der Waals surface area contributed by atoms with Gasteiger partial charge in [-0.3, -0.25) is 8.42 Å². The minimum atomic E-state index is -5.17. The summed E-state index contributed by atoms with van der Waals surface area (Å²) in [5.74, 6) is 0. The van der Waals surface area contributed by atoms with Crippen LogP contribution in [0, 0.1) is 0 Å². The fourth-order valence-electron chi connectivity index (χ4n) is 0. The fourth-order valence-corrected chi connectivity index (χ4v) is 0. The van der Waals surface area contributed by atoms with E-state index in [2.05, 4.69) is 0 Å². The van der Waals surface area contributed by atoms with Gasteiger partial charge in [-0.15, -0.1) is 0 Å². The van der Waals surface area contributed by atoms with Crippen LogP contribution in [-0.2, 0) is 37.9 Å². The molecule has 0 aromatic rings. The van der Waals surface area contributed by atoms with Gasteiger partial charge in [0.2, 0.25) is 0 Å². The van der Waals surface area contributed by atoms with Crippen LogP contribution < -0.4 is 0 Å². The summed E-state index contributed by atoms with van der Waals surface area (Å²) >= 11 is 0.300. The predicted molar refractivity (Wildman–Crippen MR) is 11.2 cm³/mol. The molecule has 0 aromatic heterocycles. The molecule has 7 heavy (non-hydrogen) atoms. The van der Waals surface area contributed by atoms with E-state index in [9.17, 15) is 0 Å². The van der Waals surface area contributed by atoms with E-state index in [1.54, 1.807) is 0 Å². The summed E-state index contributed by atoms with van der Waals surface area (Å²) in [4.78, 5) is 0. The molecule has 0 bridgehead atoms. The van der Waals surface area contributed by atoms with Gasteiger partial charge in [0, 0.05) is 10.4 Å². The number of hydrogen-bond acceptors (Lipinski definition) is 5. The first-order valence-electron chi connectivity index (χ1n) is 0.871. The van der Waals surface area contributed by atoms with E-state index in [4.69, 9.17) is 20.3 Å². The van der Waals surface area contributed by atoms with Crippen LogP contribution in [0.25, 0.3) is 0 Å². The zero-order valence-electron chi connectivity index (χ0n) is 2.95. The Morgan fingerprint density at radius 3 is 1.14 bits per heavy atom. The van der Waals surface area contributed by atoms with Crippen LogP contribution in [0.4, 0.5) is 0 Å². The van der Waals surface area contributed by atoms with Gasteiger partial charge in [0.1, 0.15) is 0 Å². The summed E-state index contributed by atoms with van der Waals surface area (Å²) < 4.78 is 42.4. The van der Waals surface area contributed by atoms with Gasteiger partial charge < -0.3 is 9.11 Å². The molecule has 0 N–H and O–H groups in total. The van der Waals surface area contributed by atoms with Crippen LogP contribution in [0.1, 0.15) is 0 Å². The van der Waals surface area contributed by atoms with E-state index in [0.29, 0.717) is 24.7 Å². The van der Waals surface area contributed by atoms with Crippen molar-refractivity contribution in [3.63, 3.8) is 0 Å². The Morgan fingerprint density at radius 2 is 1.14 bits per heavy atom. The van der Waals surface area contributed by atoms with E-state index in [1.165, 1.54) is 0 Å². The van der Waals surface area contributed by atoms with E-state index < -0.39 is 10.4 Å². The van der Waals surface area contributed by atoms with Crippen LogP contribution in [0.15, 0.2) is 0 Å². The van der Waals surface area contributed by atoms with E-state index in [-0.39, 0.29) is 0 Å². The van der Waals surface area contributed by atoms with Gasteiger partial charge >= 0.3 is 27.5 Å². The second-order valence-corrected chi connectivity index (χ2v) is 1.22. The molecule has 0 heterocycles. The first-order chi connectivity index (χ1) is 3.00. The molecule has 0 amide bonds. The van der Waals surface area contributed by atoms with Gasteiger partial charge in [0.25, 0.3) is 0 Å². The van der Waals surface area contributed by atoms with Gasteiger partial charge in [-0.1, -0.05) is 0 Å². The average molecular weight is 203 g/mol. The van der Waals surface area contributed by atoms with Crippen LogP contribution in [-0.4, -0.2) is 17.5 Å². The number of hydrogen-bond donors (Lipinski definition) is 0. The van der Waals surface area contributed by atoms with Crippen LogP contribution >= 0.6 is 0 Å². The van der Waals surface area contributed by atoms with Crippen molar-refractivity contribution in [2.45, 2.75) is 0 Å². The average Bonchev–Trinajstić information content (AvgIpc) is 1.36. The van der Waals surface area contributed by atoms with E-state index in [1.807, 2.05) is 0 Å². The predicted octanol–water partition coefficient (Wildman–Crippen LogP) is -1.46. The van der Waals surface area contributed by atoms with E-state index >= 15 is 0 Å². The second kappa shape index (κ2) is 4.71. The zero-order chi connectivity index (χ0) is 6.50. The molecule has 0 aliphatic heterocycles. The van der Waals surface area contributed by atoms with Crippen molar-refractivity contribution in [3.8, 4) is 0 Å². The second-order valence-electron chi connectivity index (χ2n) is 0.408. The van der Waals surface area contributed by atoms with Crippen LogP contribution in [0.3, 0.4) is 0 Å². The first-order valence-corrected chi connectivity index (χ1v) is 3.21. The third-order valence-electron chi connectivity index (χ3n) is 0. The molecule has 0 atom stereocenters. The molecular formula is O5SZr. The molecule has 0 radical (unpaired) electrons. The maximum atomic E-state index is 8.52. The monoisotopic (exact) mass is 202 g/mol. The summed E-state index contributed by atoms with van der Waals surface area (Å²) in [5.41, 5.74) is 0. The molecular weight excluding hydrogens is 203 g/mol. The normalized spacial score (nSPS) is 9.14. The Balaban J connectivity index is 0. The molecule has 0 saturated carbocycles. The van der Waals surface area contributed by atoms with Gasteiger partial charge in [-0.25, -0.2) is 0 Å². The first kappa shape index (κ1) is 10.5. The van der Waals surface area contributed by atoms with Gasteiger partial charge in [-0.2, -0.15) is 0 Å². The van der Waals surface area contributed by atoms with Crippen molar-refractivity contribution in [2.24, 2.45) is 0 Å². The molecule has 0 saturated heterocycles. The maximum absolute atomic E-state index is 8.52. The molecule has 5 nitrogen and oxygen atoms in total. The van der Waals surface area contributed by atoms with E-state index in [0.717, 1.165) is 0 Å². The van der Waals surface area contributed by atoms with Crippen molar-refractivity contribution >= 4 is 10.4 Å². The Bertz CT molecular complexity index is 102. The Kier molecular flexibility index (Phi) is 7.07.